The number of hydrogen-bond donors (Lipinski definition) is 1. The van der Waals surface area contributed by atoms with E-state index in [0.29, 0.717) is 23.6 Å². The van der Waals surface area contributed by atoms with Gasteiger partial charge in [-0.1, -0.05) is 24.9 Å². The zero-order valence-corrected chi connectivity index (χ0v) is 11.8. The van der Waals surface area contributed by atoms with Crippen LogP contribution in [0.1, 0.15) is 25.3 Å². The fraction of sp³-hybridized carbons (Fsp3) is 0.500. The highest BCUT2D eigenvalue weighted by Gasteiger charge is 2.40. The summed E-state index contributed by atoms with van der Waals surface area (Å²) in [6.07, 6.45) is -3.69. The van der Waals surface area contributed by atoms with Gasteiger partial charge < -0.3 is 4.57 Å². The number of hydrogen-bond acceptors (Lipinski definition) is 3. The molecule has 0 bridgehead atoms. The first-order valence-corrected chi connectivity index (χ1v) is 7.29. The minimum Gasteiger partial charge on any atom is -0.314 e. The van der Waals surface area contributed by atoms with E-state index in [4.69, 9.17) is 16.2 Å². The maximum atomic E-state index is 12.8. The van der Waals surface area contributed by atoms with Gasteiger partial charge in [0, 0.05) is 12.7 Å². The molecule has 0 fully saturated rings. The molecule has 1 rings (SSSR count). The first kappa shape index (κ1) is 17.0. The van der Waals surface area contributed by atoms with Crippen LogP contribution in [0.25, 0.3) is 0 Å². The van der Waals surface area contributed by atoms with E-state index in [1.54, 1.807) is 6.92 Å². The van der Waals surface area contributed by atoms with E-state index in [0.717, 1.165) is 0 Å². The SMILES string of the molecule is CCCCn1cc(C(F)(F)F)c(S(=O)(=O)O)c(Cl)c1=O. The normalized spacial score (nSPS) is 12.7. The van der Waals surface area contributed by atoms with Gasteiger partial charge in [-0.25, -0.2) is 0 Å². The van der Waals surface area contributed by atoms with Crippen molar-refractivity contribution in [1.29, 1.82) is 0 Å². The van der Waals surface area contributed by atoms with E-state index in [2.05, 4.69) is 0 Å². The van der Waals surface area contributed by atoms with Gasteiger partial charge in [0.05, 0.1) is 5.56 Å². The molecule has 1 aromatic rings. The second-order valence-corrected chi connectivity index (χ2v) is 5.75. The number of aromatic nitrogens is 1. The van der Waals surface area contributed by atoms with E-state index in [1.165, 1.54) is 0 Å². The van der Waals surface area contributed by atoms with E-state index < -0.39 is 37.3 Å². The summed E-state index contributed by atoms with van der Waals surface area (Å²) in [6, 6.07) is 0. The molecule has 0 aliphatic rings. The van der Waals surface area contributed by atoms with Crippen molar-refractivity contribution < 1.29 is 26.1 Å². The molecule has 0 aliphatic heterocycles. The van der Waals surface area contributed by atoms with Gasteiger partial charge in [0.25, 0.3) is 15.7 Å². The molecule has 0 saturated heterocycles. The molecular weight excluding hydrogens is 323 g/mol. The first-order chi connectivity index (χ1) is 9.00. The summed E-state index contributed by atoms with van der Waals surface area (Å²) in [4.78, 5) is 10.1. The smallest absolute Gasteiger partial charge is 0.314 e. The quantitative estimate of drug-likeness (QED) is 0.859. The van der Waals surface area contributed by atoms with Gasteiger partial charge in [0.1, 0.15) is 9.92 Å². The Hall–Kier alpha value is -1.06. The highest BCUT2D eigenvalue weighted by Crippen LogP contribution is 2.36. The lowest BCUT2D eigenvalue weighted by molar-refractivity contribution is -0.140. The number of alkyl halides is 3. The van der Waals surface area contributed by atoms with Crippen molar-refractivity contribution in [2.24, 2.45) is 0 Å². The number of nitrogens with zero attached hydrogens (tertiary/aromatic N) is 1. The van der Waals surface area contributed by atoms with Crippen molar-refractivity contribution in [3.05, 3.63) is 27.1 Å². The Bertz CT molecular complexity index is 666. The number of aryl methyl sites for hydroxylation is 1. The highest BCUT2D eigenvalue weighted by molar-refractivity contribution is 7.86. The second-order valence-electron chi connectivity index (χ2n) is 4.01. The van der Waals surface area contributed by atoms with Crippen molar-refractivity contribution in [2.75, 3.05) is 0 Å². The Morgan fingerprint density at radius 3 is 2.35 bits per heavy atom. The summed E-state index contributed by atoms with van der Waals surface area (Å²) in [5, 5.41) is -1.17. The van der Waals surface area contributed by atoms with Gasteiger partial charge in [-0.05, 0) is 6.42 Å². The van der Waals surface area contributed by atoms with Crippen molar-refractivity contribution in [3.63, 3.8) is 0 Å². The molecule has 0 atom stereocenters. The van der Waals surface area contributed by atoms with Crippen LogP contribution in [-0.2, 0) is 22.8 Å². The Kier molecular flexibility index (Phi) is 4.88. The Morgan fingerprint density at radius 1 is 1.40 bits per heavy atom. The zero-order valence-electron chi connectivity index (χ0n) is 10.2. The molecule has 0 aromatic carbocycles. The first-order valence-electron chi connectivity index (χ1n) is 5.47. The summed E-state index contributed by atoms with van der Waals surface area (Å²) in [7, 11) is -5.27. The Balaban J connectivity index is 3.70. The standard InChI is InChI=1S/C10H11ClF3NO4S/c1-2-3-4-15-5-6(10(12,13)14)8(20(17,18)19)7(11)9(15)16/h5H,2-4H2,1H3,(H,17,18,19). The molecule has 114 valence electrons. The second kappa shape index (κ2) is 5.74. The molecule has 1 aromatic heterocycles. The fourth-order valence-electron chi connectivity index (χ4n) is 1.56. The molecule has 20 heavy (non-hydrogen) atoms. The number of rotatable bonds is 4. The topological polar surface area (TPSA) is 76.4 Å². The largest absolute Gasteiger partial charge is 0.419 e. The van der Waals surface area contributed by atoms with Crippen LogP contribution in [-0.4, -0.2) is 17.5 Å². The highest BCUT2D eigenvalue weighted by atomic mass is 35.5. The van der Waals surface area contributed by atoms with Gasteiger partial charge in [-0.2, -0.15) is 21.6 Å². The lowest BCUT2D eigenvalue weighted by Gasteiger charge is -2.15. The molecule has 0 aliphatic carbocycles. The summed E-state index contributed by atoms with van der Waals surface area (Å²) in [6.45, 7) is 1.73. The third-order valence-electron chi connectivity index (χ3n) is 2.49. The Morgan fingerprint density at radius 2 is 1.95 bits per heavy atom. The van der Waals surface area contributed by atoms with Gasteiger partial charge in [-0.3, -0.25) is 9.35 Å². The van der Waals surface area contributed by atoms with Gasteiger partial charge in [0.2, 0.25) is 0 Å². The van der Waals surface area contributed by atoms with Gasteiger partial charge in [-0.15, -0.1) is 0 Å². The summed E-state index contributed by atoms with van der Waals surface area (Å²) in [5.74, 6) is 0. The molecule has 0 saturated carbocycles. The molecule has 0 unspecified atom stereocenters. The summed E-state index contributed by atoms with van der Waals surface area (Å²) in [5.41, 5.74) is -2.76. The van der Waals surface area contributed by atoms with Crippen LogP contribution in [0.5, 0.6) is 0 Å². The van der Waals surface area contributed by atoms with Gasteiger partial charge in [0.15, 0.2) is 0 Å². The van der Waals surface area contributed by atoms with Crippen LogP contribution in [0.2, 0.25) is 5.02 Å². The van der Waals surface area contributed by atoms with Crippen LogP contribution >= 0.6 is 11.6 Å². The lowest BCUT2D eigenvalue weighted by Crippen LogP contribution is -2.27. The van der Waals surface area contributed by atoms with Crippen LogP contribution in [0.3, 0.4) is 0 Å². The third-order valence-corrected chi connectivity index (χ3v) is 3.90. The predicted molar refractivity (Wildman–Crippen MR) is 65.4 cm³/mol. The average Bonchev–Trinajstić information content (AvgIpc) is 2.27. The summed E-state index contributed by atoms with van der Waals surface area (Å²) >= 11 is 5.40. The monoisotopic (exact) mass is 333 g/mol. The van der Waals surface area contributed by atoms with Gasteiger partial charge >= 0.3 is 6.18 Å². The molecule has 0 amide bonds. The summed E-state index contributed by atoms with van der Waals surface area (Å²) < 4.78 is 70.1. The fourth-order valence-corrected chi connectivity index (χ4v) is 2.83. The van der Waals surface area contributed by atoms with E-state index in [9.17, 15) is 26.4 Å². The van der Waals surface area contributed by atoms with E-state index in [-0.39, 0.29) is 6.54 Å². The molecule has 0 spiro atoms. The van der Waals surface area contributed by atoms with Crippen LogP contribution in [0.4, 0.5) is 13.2 Å². The van der Waals surface area contributed by atoms with Crippen molar-refractivity contribution in [1.82, 2.24) is 4.57 Å². The minimum atomic E-state index is -5.27. The van der Waals surface area contributed by atoms with Crippen LogP contribution in [0.15, 0.2) is 15.9 Å². The Labute approximate surface area is 117 Å². The maximum Gasteiger partial charge on any atom is 0.419 e. The van der Waals surface area contributed by atoms with Crippen molar-refractivity contribution in [2.45, 2.75) is 37.4 Å². The van der Waals surface area contributed by atoms with Crippen LogP contribution in [0, 0.1) is 0 Å². The lowest BCUT2D eigenvalue weighted by atomic mass is 10.2. The van der Waals surface area contributed by atoms with Crippen molar-refractivity contribution in [3.8, 4) is 0 Å². The molecular formula is C10H11ClF3NO4S. The number of pyridine rings is 1. The molecule has 5 nitrogen and oxygen atoms in total. The van der Waals surface area contributed by atoms with Crippen molar-refractivity contribution >= 4 is 21.7 Å². The maximum absolute atomic E-state index is 12.8. The van der Waals surface area contributed by atoms with E-state index >= 15 is 0 Å². The average molecular weight is 334 g/mol. The number of halogens is 4. The van der Waals surface area contributed by atoms with Crippen LogP contribution < -0.4 is 5.56 Å². The predicted octanol–water partition coefficient (Wildman–Crippen LogP) is 2.57. The molecule has 1 N–H and O–H groups in total. The zero-order chi connectivity index (χ0) is 15.7. The molecule has 0 radical (unpaired) electrons. The third kappa shape index (κ3) is 3.53. The molecule has 10 heteroatoms. The minimum absolute atomic E-state index is 0.0378. The number of unbranched alkanes of at least 4 members (excludes halogenated alkanes) is 1. The molecule has 1 heterocycles. The van der Waals surface area contributed by atoms with E-state index in [1.807, 2.05) is 0 Å².